The average Bonchev–Trinajstić information content (AvgIpc) is 2.97. The van der Waals surface area contributed by atoms with Crippen LogP contribution in [0.1, 0.15) is 18.4 Å². The standard InChI is InChI=1S/C15H17NO5/c17-14(12-5-6-13(21-12)15(18)19)16-10-7-9-3-1-2-4-11(9)20-8-10/h1-4,10,12-13H,5-8H2,(H,16,17)(H,18,19)/t10?,12-,13+/m0/s1. The van der Waals surface area contributed by atoms with Crippen LogP contribution < -0.4 is 10.1 Å². The molecule has 1 aromatic carbocycles. The third-order valence-electron chi connectivity index (χ3n) is 3.81. The van der Waals surface area contributed by atoms with Gasteiger partial charge in [-0.25, -0.2) is 4.79 Å². The lowest BCUT2D eigenvalue weighted by Gasteiger charge is -2.26. The molecule has 3 rings (SSSR count). The van der Waals surface area contributed by atoms with E-state index >= 15 is 0 Å². The number of aliphatic carboxylic acids is 1. The Kier molecular flexibility index (Phi) is 3.79. The lowest BCUT2D eigenvalue weighted by Crippen LogP contribution is -2.47. The predicted molar refractivity (Wildman–Crippen MR) is 73.1 cm³/mol. The number of benzene rings is 1. The number of para-hydroxylation sites is 1. The van der Waals surface area contributed by atoms with Crippen LogP contribution in [0.3, 0.4) is 0 Å². The van der Waals surface area contributed by atoms with Gasteiger partial charge in [-0.05, 0) is 30.9 Å². The van der Waals surface area contributed by atoms with Crippen molar-refractivity contribution in [3.63, 3.8) is 0 Å². The van der Waals surface area contributed by atoms with E-state index in [-0.39, 0.29) is 11.9 Å². The van der Waals surface area contributed by atoms with Crippen molar-refractivity contribution in [1.82, 2.24) is 5.32 Å². The molecule has 112 valence electrons. The Morgan fingerprint density at radius 1 is 1.19 bits per heavy atom. The van der Waals surface area contributed by atoms with E-state index in [9.17, 15) is 9.59 Å². The van der Waals surface area contributed by atoms with E-state index in [1.807, 2.05) is 24.3 Å². The van der Waals surface area contributed by atoms with Crippen LogP contribution in [0.15, 0.2) is 24.3 Å². The molecule has 1 amide bonds. The van der Waals surface area contributed by atoms with Gasteiger partial charge in [0.2, 0.25) is 5.91 Å². The molecule has 6 nitrogen and oxygen atoms in total. The maximum absolute atomic E-state index is 12.1. The van der Waals surface area contributed by atoms with Crippen molar-refractivity contribution in [1.29, 1.82) is 0 Å². The molecule has 1 fully saturated rings. The second-order valence-corrected chi connectivity index (χ2v) is 5.36. The number of fused-ring (bicyclic) bond motifs is 1. The second-order valence-electron chi connectivity index (χ2n) is 5.36. The maximum atomic E-state index is 12.1. The Hall–Kier alpha value is -2.08. The van der Waals surface area contributed by atoms with Crippen molar-refractivity contribution in [2.45, 2.75) is 37.5 Å². The van der Waals surface area contributed by atoms with E-state index in [0.717, 1.165) is 11.3 Å². The Morgan fingerprint density at radius 2 is 1.95 bits per heavy atom. The van der Waals surface area contributed by atoms with Gasteiger partial charge in [0.15, 0.2) is 6.10 Å². The van der Waals surface area contributed by atoms with Crippen LogP contribution in [0.2, 0.25) is 0 Å². The van der Waals surface area contributed by atoms with E-state index in [0.29, 0.717) is 25.9 Å². The van der Waals surface area contributed by atoms with Gasteiger partial charge in [-0.3, -0.25) is 4.79 Å². The molecule has 2 aliphatic heterocycles. The molecule has 1 unspecified atom stereocenters. The largest absolute Gasteiger partial charge is 0.491 e. The van der Waals surface area contributed by atoms with Gasteiger partial charge in [0, 0.05) is 0 Å². The molecule has 2 heterocycles. The van der Waals surface area contributed by atoms with Crippen LogP contribution in [0.5, 0.6) is 5.75 Å². The Labute approximate surface area is 122 Å². The fourth-order valence-electron chi connectivity index (χ4n) is 2.73. The Balaban J connectivity index is 1.56. The lowest BCUT2D eigenvalue weighted by atomic mass is 10.0. The molecule has 0 aromatic heterocycles. The zero-order valence-electron chi connectivity index (χ0n) is 11.5. The molecule has 2 aliphatic rings. The van der Waals surface area contributed by atoms with Crippen LogP contribution in [0, 0.1) is 0 Å². The minimum absolute atomic E-state index is 0.111. The van der Waals surface area contributed by atoms with Gasteiger partial charge in [0.1, 0.15) is 18.5 Å². The number of rotatable bonds is 3. The summed E-state index contributed by atoms with van der Waals surface area (Å²) in [4.78, 5) is 22.9. The molecule has 21 heavy (non-hydrogen) atoms. The number of carboxylic acids is 1. The van der Waals surface area contributed by atoms with Gasteiger partial charge >= 0.3 is 5.97 Å². The van der Waals surface area contributed by atoms with Gasteiger partial charge in [0.25, 0.3) is 0 Å². The van der Waals surface area contributed by atoms with Crippen LogP contribution in [0.25, 0.3) is 0 Å². The quantitative estimate of drug-likeness (QED) is 0.858. The monoisotopic (exact) mass is 291 g/mol. The summed E-state index contributed by atoms with van der Waals surface area (Å²) >= 11 is 0. The van der Waals surface area contributed by atoms with E-state index in [4.69, 9.17) is 14.6 Å². The molecule has 1 aromatic rings. The average molecular weight is 291 g/mol. The van der Waals surface area contributed by atoms with Crippen LogP contribution in [-0.2, 0) is 20.7 Å². The summed E-state index contributed by atoms with van der Waals surface area (Å²) in [6, 6.07) is 7.62. The van der Waals surface area contributed by atoms with Crippen LogP contribution >= 0.6 is 0 Å². The number of hydrogen-bond donors (Lipinski definition) is 2. The van der Waals surface area contributed by atoms with Crippen molar-refractivity contribution < 1.29 is 24.2 Å². The summed E-state index contributed by atoms with van der Waals surface area (Å²) in [5, 5.41) is 11.7. The van der Waals surface area contributed by atoms with Crippen molar-refractivity contribution >= 4 is 11.9 Å². The highest BCUT2D eigenvalue weighted by atomic mass is 16.5. The number of amides is 1. The smallest absolute Gasteiger partial charge is 0.332 e. The zero-order chi connectivity index (χ0) is 14.8. The lowest BCUT2D eigenvalue weighted by molar-refractivity contribution is -0.152. The number of carbonyl (C=O) groups is 2. The fourth-order valence-corrected chi connectivity index (χ4v) is 2.73. The first kappa shape index (κ1) is 13.9. The first-order valence-corrected chi connectivity index (χ1v) is 7.03. The predicted octanol–water partition coefficient (Wildman–Crippen LogP) is 0.738. The normalized spacial score (nSPS) is 27.5. The van der Waals surface area contributed by atoms with Crippen molar-refractivity contribution in [2.24, 2.45) is 0 Å². The van der Waals surface area contributed by atoms with Gasteiger partial charge in [-0.1, -0.05) is 18.2 Å². The van der Waals surface area contributed by atoms with E-state index < -0.39 is 18.2 Å². The van der Waals surface area contributed by atoms with Gasteiger partial charge < -0.3 is 19.9 Å². The molecule has 3 atom stereocenters. The summed E-state index contributed by atoms with van der Waals surface area (Å²) < 4.78 is 10.9. The van der Waals surface area contributed by atoms with Crippen LogP contribution in [0.4, 0.5) is 0 Å². The molecule has 0 aliphatic carbocycles. The number of carboxylic acid groups (broad SMARTS) is 1. The minimum Gasteiger partial charge on any atom is -0.491 e. The minimum atomic E-state index is -1.01. The Morgan fingerprint density at radius 3 is 2.71 bits per heavy atom. The first-order valence-electron chi connectivity index (χ1n) is 7.03. The maximum Gasteiger partial charge on any atom is 0.332 e. The van der Waals surface area contributed by atoms with Crippen molar-refractivity contribution in [2.75, 3.05) is 6.61 Å². The molecule has 0 bridgehead atoms. The molecule has 0 spiro atoms. The topological polar surface area (TPSA) is 84.9 Å². The number of ether oxygens (including phenoxy) is 2. The zero-order valence-corrected chi connectivity index (χ0v) is 11.5. The summed E-state index contributed by atoms with van der Waals surface area (Å²) in [6.45, 7) is 0.415. The van der Waals surface area contributed by atoms with E-state index in [1.165, 1.54) is 0 Å². The number of nitrogens with one attached hydrogen (secondary N) is 1. The third kappa shape index (κ3) is 3.00. The molecule has 0 radical (unpaired) electrons. The molecule has 1 saturated heterocycles. The van der Waals surface area contributed by atoms with Crippen LogP contribution in [-0.4, -0.2) is 41.8 Å². The SMILES string of the molecule is O=C(NC1COc2ccccc2C1)[C@@H]1CC[C@H](C(=O)O)O1. The highest BCUT2D eigenvalue weighted by Crippen LogP contribution is 2.25. The summed E-state index contributed by atoms with van der Waals surface area (Å²) in [7, 11) is 0. The van der Waals surface area contributed by atoms with Crippen molar-refractivity contribution in [3.8, 4) is 5.75 Å². The van der Waals surface area contributed by atoms with Gasteiger partial charge in [-0.2, -0.15) is 0 Å². The summed E-state index contributed by atoms with van der Waals surface area (Å²) in [5.41, 5.74) is 1.06. The highest BCUT2D eigenvalue weighted by Gasteiger charge is 2.35. The highest BCUT2D eigenvalue weighted by molar-refractivity contribution is 5.83. The summed E-state index contributed by atoms with van der Waals surface area (Å²) in [5.74, 6) is -0.419. The molecule has 6 heteroatoms. The third-order valence-corrected chi connectivity index (χ3v) is 3.81. The molecule has 2 N–H and O–H groups in total. The number of hydrogen-bond acceptors (Lipinski definition) is 4. The number of carbonyl (C=O) groups excluding carboxylic acids is 1. The second kappa shape index (κ2) is 5.73. The fraction of sp³-hybridized carbons (Fsp3) is 0.467. The first-order chi connectivity index (χ1) is 10.1. The van der Waals surface area contributed by atoms with Gasteiger partial charge in [0.05, 0.1) is 6.04 Å². The molecule has 0 saturated carbocycles. The Bertz CT molecular complexity index is 559. The van der Waals surface area contributed by atoms with Crippen molar-refractivity contribution in [3.05, 3.63) is 29.8 Å². The van der Waals surface area contributed by atoms with E-state index in [1.54, 1.807) is 0 Å². The van der Waals surface area contributed by atoms with Gasteiger partial charge in [-0.15, -0.1) is 0 Å². The summed E-state index contributed by atoms with van der Waals surface area (Å²) in [6.07, 6.45) is -0.0335. The molecular formula is C15H17NO5. The molecular weight excluding hydrogens is 274 g/mol. The van der Waals surface area contributed by atoms with E-state index in [2.05, 4.69) is 5.32 Å².